The molecule has 0 heterocycles. The Balaban J connectivity index is 2.79. The van der Waals surface area contributed by atoms with Crippen molar-refractivity contribution < 1.29 is 14.2 Å². The lowest BCUT2D eigenvalue weighted by Gasteiger charge is -2.09. The van der Waals surface area contributed by atoms with Gasteiger partial charge in [-0.25, -0.2) is 4.39 Å². The fourth-order valence-electron chi connectivity index (χ4n) is 1.09. The zero-order valence-electron chi connectivity index (χ0n) is 8.96. The minimum absolute atomic E-state index is 0.183. The van der Waals surface area contributed by atoms with Crippen LogP contribution in [0.5, 0.6) is 5.75 Å². The van der Waals surface area contributed by atoms with E-state index >= 15 is 0 Å². The number of benzene rings is 1. The van der Waals surface area contributed by atoms with Gasteiger partial charge in [0.2, 0.25) is 0 Å². The van der Waals surface area contributed by atoms with Gasteiger partial charge in [0.15, 0.2) is 11.6 Å². The van der Waals surface area contributed by atoms with Crippen molar-refractivity contribution >= 4 is 0 Å². The van der Waals surface area contributed by atoms with Crippen LogP contribution in [0.25, 0.3) is 0 Å². The van der Waals surface area contributed by atoms with Gasteiger partial charge in [0.05, 0.1) is 6.10 Å². The van der Waals surface area contributed by atoms with Gasteiger partial charge in [0.1, 0.15) is 6.61 Å². The normalized spacial score (nSPS) is 12.3. The van der Waals surface area contributed by atoms with Crippen LogP contribution in [0, 0.1) is 5.82 Å². The molecular weight excluding hydrogens is 195 g/mol. The number of hydrogen-bond acceptors (Lipinski definition) is 2. The van der Waals surface area contributed by atoms with E-state index in [1.807, 2.05) is 6.92 Å². The Kier molecular flexibility index (Phi) is 3.86. The molecule has 15 heavy (non-hydrogen) atoms. The molecule has 1 N–H and O–H groups in total. The molecule has 0 spiro atoms. The Morgan fingerprint density at radius 3 is 2.73 bits per heavy atom. The van der Waals surface area contributed by atoms with Crippen LogP contribution in [-0.4, -0.2) is 11.7 Å². The summed E-state index contributed by atoms with van der Waals surface area (Å²) in [5.74, 6) is -0.281. The van der Waals surface area contributed by atoms with Crippen molar-refractivity contribution in [2.45, 2.75) is 20.0 Å². The van der Waals surface area contributed by atoms with Gasteiger partial charge in [-0.05, 0) is 37.1 Å². The average molecular weight is 210 g/mol. The van der Waals surface area contributed by atoms with E-state index in [2.05, 4.69) is 6.58 Å². The second kappa shape index (κ2) is 4.94. The van der Waals surface area contributed by atoms with Crippen LogP contribution in [0.15, 0.2) is 30.4 Å². The highest BCUT2D eigenvalue weighted by Crippen LogP contribution is 2.22. The van der Waals surface area contributed by atoms with Crippen LogP contribution in [-0.2, 0) is 0 Å². The first kappa shape index (κ1) is 11.7. The summed E-state index contributed by atoms with van der Waals surface area (Å²) in [5, 5.41) is 9.24. The SMILES string of the molecule is C=C(C)COc1ccc(C(C)O)cc1F. The number of aliphatic hydroxyl groups is 1. The van der Waals surface area contributed by atoms with Crippen molar-refractivity contribution in [3.63, 3.8) is 0 Å². The van der Waals surface area contributed by atoms with Gasteiger partial charge >= 0.3 is 0 Å². The van der Waals surface area contributed by atoms with Gasteiger partial charge in [-0.15, -0.1) is 0 Å². The lowest BCUT2D eigenvalue weighted by atomic mass is 10.1. The Hall–Kier alpha value is -1.35. The first-order valence-electron chi connectivity index (χ1n) is 4.75. The van der Waals surface area contributed by atoms with Crippen LogP contribution in [0.1, 0.15) is 25.5 Å². The van der Waals surface area contributed by atoms with E-state index in [1.165, 1.54) is 12.1 Å². The van der Waals surface area contributed by atoms with Crippen molar-refractivity contribution in [3.8, 4) is 5.75 Å². The van der Waals surface area contributed by atoms with E-state index in [-0.39, 0.29) is 5.75 Å². The molecule has 1 atom stereocenters. The molecule has 0 radical (unpaired) electrons. The van der Waals surface area contributed by atoms with Crippen molar-refractivity contribution in [3.05, 3.63) is 41.7 Å². The Labute approximate surface area is 89.0 Å². The fraction of sp³-hybridized carbons (Fsp3) is 0.333. The summed E-state index contributed by atoms with van der Waals surface area (Å²) >= 11 is 0. The van der Waals surface area contributed by atoms with Gasteiger partial charge in [0, 0.05) is 0 Å². The van der Waals surface area contributed by atoms with E-state index in [9.17, 15) is 9.50 Å². The first-order chi connectivity index (χ1) is 7.00. The molecule has 0 saturated carbocycles. The molecule has 82 valence electrons. The summed E-state index contributed by atoms with van der Waals surface area (Å²) in [5.41, 5.74) is 1.36. The molecule has 1 unspecified atom stereocenters. The molecule has 0 saturated heterocycles. The number of aliphatic hydroxyl groups excluding tert-OH is 1. The lowest BCUT2D eigenvalue weighted by Crippen LogP contribution is -2.01. The molecule has 1 rings (SSSR count). The van der Waals surface area contributed by atoms with Crippen molar-refractivity contribution in [2.24, 2.45) is 0 Å². The zero-order chi connectivity index (χ0) is 11.4. The summed E-state index contributed by atoms with van der Waals surface area (Å²) in [7, 11) is 0. The maximum absolute atomic E-state index is 13.4. The number of rotatable bonds is 4. The lowest BCUT2D eigenvalue weighted by molar-refractivity contribution is 0.198. The van der Waals surface area contributed by atoms with Gasteiger partial charge in [0.25, 0.3) is 0 Å². The van der Waals surface area contributed by atoms with E-state index in [0.29, 0.717) is 12.2 Å². The number of hydrogen-bond donors (Lipinski definition) is 1. The van der Waals surface area contributed by atoms with Crippen LogP contribution in [0.2, 0.25) is 0 Å². The summed E-state index contributed by atoms with van der Waals surface area (Å²) in [4.78, 5) is 0. The molecule has 2 nitrogen and oxygen atoms in total. The maximum Gasteiger partial charge on any atom is 0.165 e. The first-order valence-corrected chi connectivity index (χ1v) is 4.75. The van der Waals surface area contributed by atoms with Crippen molar-refractivity contribution in [2.75, 3.05) is 6.61 Å². The summed E-state index contributed by atoms with van der Waals surface area (Å²) in [6.45, 7) is 7.35. The molecule has 0 aromatic heterocycles. The van der Waals surface area contributed by atoms with E-state index < -0.39 is 11.9 Å². The van der Waals surface area contributed by atoms with Gasteiger partial charge < -0.3 is 9.84 Å². The Morgan fingerprint density at radius 2 is 2.27 bits per heavy atom. The van der Waals surface area contributed by atoms with Gasteiger partial charge in [-0.2, -0.15) is 0 Å². The molecule has 1 aromatic rings. The van der Waals surface area contributed by atoms with Crippen LogP contribution in [0.4, 0.5) is 4.39 Å². The van der Waals surface area contributed by atoms with Crippen molar-refractivity contribution in [1.82, 2.24) is 0 Å². The summed E-state index contributed by atoms with van der Waals surface area (Å²) in [6.07, 6.45) is -0.672. The third-order valence-electron chi connectivity index (χ3n) is 1.91. The van der Waals surface area contributed by atoms with E-state index in [1.54, 1.807) is 13.0 Å². The zero-order valence-corrected chi connectivity index (χ0v) is 8.96. The maximum atomic E-state index is 13.4. The largest absolute Gasteiger partial charge is 0.486 e. The van der Waals surface area contributed by atoms with Gasteiger partial charge in [-0.1, -0.05) is 12.6 Å². The van der Waals surface area contributed by atoms with E-state index in [0.717, 1.165) is 5.57 Å². The molecule has 3 heteroatoms. The molecule has 1 aromatic carbocycles. The molecule has 0 fully saturated rings. The minimum Gasteiger partial charge on any atom is -0.486 e. The third-order valence-corrected chi connectivity index (χ3v) is 1.91. The van der Waals surface area contributed by atoms with E-state index in [4.69, 9.17) is 4.74 Å². The monoisotopic (exact) mass is 210 g/mol. The predicted molar refractivity (Wildman–Crippen MR) is 57.3 cm³/mol. The molecule has 0 amide bonds. The molecule has 0 aliphatic heterocycles. The highest BCUT2D eigenvalue weighted by atomic mass is 19.1. The highest BCUT2D eigenvalue weighted by Gasteiger charge is 2.07. The van der Waals surface area contributed by atoms with Crippen LogP contribution < -0.4 is 4.74 Å². The second-order valence-electron chi connectivity index (χ2n) is 3.61. The number of halogens is 1. The van der Waals surface area contributed by atoms with Crippen molar-refractivity contribution in [1.29, 1.82) is 0 Å². The quantitative estimate of drug-likeness (QED) is 0.774. The smallest absolute Gasteiger partial charge is 0.165 e. The molecule has 0 aliphatic carbocycles. The summed E-state index contributed by atoms with van der Waals surface area (Å²) in [6, 6.07) is 4.43. The predicted octanol–water partition coefficient (Wildman–Crippen LogP) is 2.83. The van der Waals surface area contributed by atoms with Crippen LogP contribution >= 0.6 is 0 Å². The minimum atomic E-state index is -0.672. The Morgan fingerprint density at radius 1 is 1.60 bits per heavy atom. The topological polar surface area (TPSA) is 29.5 Å². The summed E-state index contributed by atoms with van der Waals surface area (Å²) < 4.78 is 18.6. The fourth-order valence-corrected chi connectivity index (χ4v) is 1.09. The third kappa shape index (κ3) is 3.36. The average Bonchev–Trinajstić information content (AvgIpc) is 2.15. The van der Waals surface area contributed by atoms with Crippen LogP contribution in [0.3, 0.4) is 0 Å². The molecular formula is C12H15FO2. The van der Waals surface area contributed by atoms with Gasteiger partial charge in [-0.3, -0.25) is 0 Å². The highest BCUT2D eigenvalue weighted by molar-refractivity contribution is 5.30. The molecule has 0 aliphatic rings. The number of ether oxygens (including phenoxy) is 1. The Bertz CT molecular complexity index is 359. The standard InChI is InChI=1S/C12H15FO2/c1-8(2)7-15-12-5-4-10(9(3)14)6-11(12)13/h4-6,9,14H,1,7H2,2-3H3. The molecule has 0 bridgehead atoms. The second-order valence-corrected chi connectivity index (χ2v) is 3.61.